The molecule has 0 aliphatic rings. The van der Waals surface area contributed by atoms with Crippen molar-refractivity contribution < 1.29 is 14.4 Å². The maximum absolute atomic E-state index is 10.8. The van der Waals surface area contributed by atoms with E-state index in [0.29, 0.717) is 12.4 Å². The number of likely N-dealkylation sites (N-methyl/N-ethyl adjacent to an activating group) is 1. The maximum Gasteiger partial charge on any atom is 0.313 e. The number of rotatable bonds is 6. The fraction of sp³-hybridized carbons (Fsp3) is 0.455. The molecule has 1 aromatic carbocycles. The van der Waals surface area contributed by atoms with Crippen molar-refractivity contribution in [2.24, 2.45) is 0 Å². The summed E-state index contributed by atoms with van der Waals surface area (Å²) in [7, 11) is 5.20. The second-order valence-corrected chi connectivity index (χ2v) is 3.97. The average Bonchev–Trinajstić information content (AvgIpc) is 2.30. The van der Waals surface area contributed by atoms with Crippen molar-refractivity contribution >= 4 is 11.4 Å². The smallest absolute Gasteiger partial charge is 0.313 e. The predicted molar refractivity (Wildman–Crippen MR) is 68.1 cm³/mol. The molecule has 0 aliphatic heterocycles. The van der Waals surface area contributed by atoms with E-state index < -0.39 is 4.92 Å². The summed E-state index contributed by atoms with van der Waals surface area (Å²) in [5.74, 6) is 0.522. The molecule has 0 saturated carbocycles. The predicted octanol–water partition coefficient (Wildman–Crippen LogP) is 1.13. The zero-order chi connectivity index (χ0) is 13.7. The highest BCUT2D eigenvalue weighted by Gasteiger charge is 2.18. The summed E-state index contributed by atoms with van der Waals surface area (Å²) in [5, 5.41) is 10.8. The summed E-state index contributed by atoms with van der Waals surface area (Å²) in [6, 6.07) is 2.67. The van der Waals surface area contributed by atoms with Crippen molar-refractivity contribution in [1.29, 1.82) is 0 Å². The average molecular weight is 255 g/mol. The molecule has 0 heterocycles. The number of nitrogen functional groups attached to an aromatic ring is 1. The summed E-state index contributed by atoms with van der Waals surface area (Å²) in [6.45, 7) is 1.16. The van der Waals surface area contributed by atoms with Gasteiger partial charge in [-0.05, 0) is 14.1 Å². The summed E-state index contributed by atoms with van der Waals surface area (Å²) in [6.07, 6.45) is 0. The number of methoxy groups -OCH3 is 1. The minimum absolute atomic E-state index is 0.133. The minimum Gasteiger partial charge on any atom is -0.490 e. The fourth-order valence-electron chi connectivity index (χ4n) is 1.34. The molecule has 0 radical (unpaired) electrons. The Bertz CT molecular complexity index is 435. The van der Waals surface area contributed by atoms with Crippen LogP contribution >= 0.6 is 0 Å². The van der Waals surface area contributed by atoms with E-state index in [0.717, 1.165) is 6.54 Å². The Balaban J connectivity index is 2.90. The van der Waals surface area contributed by atoms with Gasteiger partial charge in [-0.25, -0.2) is 0 Å². The van der Waals surface area contributed by atoms with Crippen LogP contribution in [0.2, 0.25) is 0 Å². The van der Waals surface area contributed by atoms with Gasteiger partial charge in [0.1, 0.15) is 12.4 Å². The quantitative estimate of drug-likeness (QED) is 0.465. The van der Waals surface area contributed by atoms with Crippen molar-refractivity contribution in [2.75, 3.05) is 40.1 Å². The Morgan fingerprint density at radius 3 is 2.56 bits per heavy atom. The molecule has 0 aliphatic carbocycles. The van der Waals surface area contributed by atoms with Crippen LogP contribution < -0.4 is 15.2 Å². The summed E-state index contributed by atoms with van der Waals surface area (Å²) in [5.41, 5.74) is 5.75. The highest BCUT2D eigenvalue weighted by molar-refractivity contribution is 5.64. The Kier molecular flexibility index (Phi) is 4.73. The molecule has 7 heteroatoms. The van der Waals surface area contributed by atoms with Crippen molar-refractivity contribution in [2.45, 2.75) is 0 Å². The van der Waals surface area contributed by atoms with Gasteiger partial charge in [-0.15, -0.1) is 0 Å². The van der Waals surface area contributed by atoms with Crippen LogP contribution in [0.4, 0.5) is 11.4 Å². The topological polar surface area (TPSA) is 90.9 Å². The second-order valence-electron chi connectivity index (χ2n) is 3.97. The lowest BCUT2D eigenvalue weighted by Crippen LogP contribution is -2.19. The minimum atomic E-state index is -0.543. The lowest BCUT2D eigenvalue weighted by molar-refractivity contribution is -0.385. The number of anilines is 1. The first kappa shape index (κ1) is 14.0. The number of hydrogen-bond donors (Lipinski definition) is 1. The Morgan fingerprint density at radius 1 is 1.39 bits per heavy atom. The first-order valence-electron chi connectivity index (χ1n) is 5.35. The third-order valence-corrected chi connectivity index (χ3v) is 2.30. The number of nitrogens with zero attached hydrogens (tertiary/aromatic N) is 2. The van der Waals surface area contributed by atoms with E-state index in [4.69, 9.17) is 15.2 Å². The van der Waals surface area contributed by atoms with Crippen molar-refractivity contribution in [3.63, 3.8) is 0 Å². The van der Waals surface area contributed by atoms with Gasteiger partial charge in [0, 0.05) is 18.7 Å². The molecular weight excluding hydrogens is 238 g/mol. The SMILES string of the molecule is COc1cc(OCCN(C)C)c(N)cc1[N+](=O)[O-]. The van der Waals surface area contributed by atoms with E-state index in [-0.39, 0.29) is 17.1 Å². The molecule has 1 rings (SSSR count). The van der Waals surface area contributed by atoms with Crippen LogP contribution in [0.5, 0.6) is 11.5 Å². The van der Waals surface area contributed by atoms with Gasteiger partial charge in [0.25, 0.3) is 0 Å². The number of nitro benzene ring substituents is 1. The number of hydrogen-bond acceptors (Lipinski definition) is 6. The van der Waals surface area contributed by atoms with Crippen molar-refractivity contribution in [1.82, 2.24) is 4.90 Å². The number of benzene rings is 1. The second kappa shape index (κ2) is 6.06. The largest absolute Gasteiger partial charge is 0.490 e. The Morgan fingerprint density at radius 2 is 2.06 bits per heavy atom. The van der Waals surface area contributed by atoms with E-state index in [1.807, 2.05) is 19.0 Å². The zero-order valence-corrected chi connectivity index (χ0v) is 10.7. The van der Waals surface area contributed by atoms with Crippen LogP contribution in [0.25, 0.3) is 0 Å². The molecule has 0 amide bonds. The molecule has 0 fully saturated rings. The molecule has 2 N–H and O–H groups in total. The number of nitro groups is 1. The molecule has 1 aromatic rings. The molecule has 0 atom stereocenters. The molecule has 0 aromatic heterocycles. The molecule has 0 bridgehead atoms. The molecule has 7 nitrogen and oxygen atoms in total. The normalized spacial score (nSPS) is 10.4. The highest BCUT2D eigenvalue weighted by Crippen LogP contribution is 2.35. The van der Waals surface area contributed by atoms with E-state index in [9.17, 15) is 10.1 Å². The van der Waals surface area contributed by atoms with Gasteiger partial charge in [0.05, 0.1) is 17.7 Å². The number of ether oxygens (including phenoxy) is 2. The van der Waals surface area contributed by atoms with Gasteiger partial charge in [0.2, 0.25) is 5.75 Å². The monoisotopic (exact) mass is 255 g/mol. The van der Waals surface area contributed by atoms with Gasteiger partial charge in [0.15, 0.2) is 0 Å². The zero-order valence-electron chi connectivity index (χ0n) is 10.7. The first-order valence-corrected chi connectivity index (χ1v) is 5.35. The Hall–Kier alpha value is -2.02. The first-order chi connectivity index (χ1) is 8.45. The van der Waals surface area contributed by atoms with E-state index in [1.54, 1.807) is 0 Å². The van der Waals surface area contributed by atoms with E-state index >= 15 is 0 Å². The molecule has 0 saturated heterocycles. The maximum atomic E-state index is 10.8. The molecular formula is C11H17N3O4. The standard InChI is InChI=1S/C11H17N3O4/c1-13(2)4-5-18-10-7-11(17-3)9(14(15)16)6-8(10)12/h6-7H,4-5,12H2,1-3H3. The molecule has 100 valence electrons. The summed E-state index contributed by atoms with van der Waals surface area (Å²) in [4.78, 5) is 12.2. The molecule has 18 heavy (non-hydrogen) atoms. The number of nitrogens with two attached hydrogens (primary N) is 1. The third-order valence-electron chi connectivity index (χ3n) is 2.30. The fourth-order valence-corrected chi connectivity index (χ4v) is 1.34. The lowest BCUT2D eigenvalue weighted by Gasteiger charge is -2.13. The van der Waals surface area contributed by atoms with Gasteiger partial charge < -0.3 is 20.1 Å². The van der Waals surface area contributed by atoms with Crippen molar-refractivity contribution in [3.8, 4) is 11.5 Å². The van der Waals surface area contributed by atoms with Crippen LogP contribution in [0, 0.1) is 10.1 Å². The molecule has 0 spiro atoms. The van der Waals surface area contributed by atoms with Gasteiger partial charge in [-0.3, -0.25) is 10.1 Å². The van der Waals surface area contributed by atoms with Crippen LogP contribution in [0.1, 0.15) is 0 Å². The summed E-state index contributed by atoms with van der Waals surface area (Å²) >= 11 is 0. The highest BCUT2D eigenvalue weighted by atomic mass is 16.6. The summed E-state index contributed by atoms with van der Waals surface area (Å²) < 4.78 is 10.4. The van der Waals surface area contributed by atoms with Crippen LogP contribution in [-0.4, -0.2) is 44.2 Å². The third kappa shape index (κ3) is 3.49. The van der Waals surface area contributed by atoms with Crippen molar-refractivity contribution in [3.05, 3.63) is 22.2 Å². The molecule has 0 unspecified atom stereocenters. The van der Waals surface area contributed by atoms with Crippen LogP contribution in [-0.2, 0) is 0 Å². The van der Waals surface area contributed by atoms with Crippen LogP contribution in [0.15, 0.2) is 12.1 Å². The van der Waals surface area contributed by atoms with E-state index in [1.165, 1.54) is 19.2 Å². The van der Waals surface area contributed by atoms with E-state index in [2.05, 4.69) is 0 Å². The van der Waals surface area contributed by atoms with Gasteiger partial charge >= 0.3 is 5.69 Å². The van der Waals surface area contributed by atoms with Gasteiger partial charge in [-0.1, -0.05) is 0 Å². The van der Waals surface area contributed by atoms with Crippen LogP contribution in [0.3, 0.4) is 0 Å². The van der Waals surface area contributed by atoms with Gasteiger partial charge in [-0.2, -0.15) is 0 Å². The lowest BCUT2D eigenvalue weighted by atomic mass is 10.2. The Labute approximate surface area is 105 Å².